The number of aromatic nitrogens is 5. The van der Waals surface area contributed by atoms with Crippen molar-refractivity contribution in [1.29, 1.82) is 0 Å². The normalized spacial score (nSPS) is 11.0. The second-order valence-corrected chi connectivity index (χ2v) is 4.92. The van der Waals surface area contributed by atoms with Crippen LogP contribution in [0.1, 0.15) is 0 Å². The van der Waals surface area contributed by atoms with Gasteiger partial charge in [0.25, 0.3) is 0 Å². The number of hydrogen-bond donors (Lipinski definition) is 1. The maximum absolute atomic E-state index is 13.2. The van der Waals surface area contributed by atoms with Crippen LogP contribution in [0, 0.1) is 5.82 Å². The van der Waals surface area contributed by atoms with Crippen molar-refractivity contribution < 1.29 is 4.39 Å². The Balaban J connectivity index is 2.04. The topological polar surface area (TPSA) is 82.0 Å². The largest absolute Gasteiger partial charge is 0.368 e. The minimum Gasteiger partial charge on any atom is -0.368 e. The van der Waals surface area contributed by atoms with Crippen LogP contribution in [0.4, 0.5) is 10.3 Å². The number of anilines is 1. The molecule has 4 aromatic rings. The lowest BCUT2D eigenvalue weighted by Crippen LogP contribution is -1.98. The van der Waals surface area contributed by atoms with Gasteiger partial charge in [0.15, 0.2) is 5.65 Å². The number of halogens is 1. The first-order chi connectivity index (χ1) is 11.2. The van der Waals surface area contributed by atoms with Crippen LogP contribution in [0.3, 0.4) is 0 Å². The van der Waals surface area contributed by atoms with E-state index in [1.807, 2.05) is 4.40 Å². The molecule has 0 atom stereocenters. The minimum absolute atomic E-state index is 0.177. The van der Waals surface area contributed by atoms with E-state index < -0.39 is 0 Å². The molecule has 0 radical (unpaired) electrons. The predicted octanol–water partition coefficient (Wildman–Crippen LogP) is 2.57. The van der Waals surface area contributed by atoms with Crippen LogP contribution in [0.25, 0.3) is 28.3 Å². The lowest BCUT2D eigenvalue weighted by atomic mass is 10.1. The van der Waals surface area contributed by atoms with Gasteiger partial charge < -0.3 is 5.73 Å². The summed E-state index contributed by atoms with van der Waals surface area (Å²) in [6, 6.07) is 7.91. The average molecular weight is 306 g/mol. The summed E-state index contributed by atoms with van der Waals surface area (Å²) in [7, 11) is 0. The summed E-state index contributed by atoms with van der Waals surface area (Å²) in [4.78, 5) is 16.9. The number of nitrogens with zero attached hydrogens (tertiary/aromatic N) is 5. The van der Waals surface area contributed by atoms with E-state index >= 15 is 0 Å². The number of fused-ring (bicyclic) bond motifs is 1. The summed E-state index contributed by atoms with van der Waals surface area (Å²) in [5.41, 5.74) is 9.21. The first-order valence-corrected chi connectivity index (χ1v) is 6.89. The Morgan fingerprint density at radius 2 is 1.83 bits per heavy atom. The third-order valence-electron chi connectivity index (χ3n) is 3.46. The molecule has 1 aromatic carbocycles. The van der Waals surface area contributed by atoms with E-state index in [0.29, 0.717) is 17.0 Å². The van der Waals surface area contributed by atoms with Gasteiger partial charge in [-0.25, -0.2) is 19.3 Å². The van der Waals surface area contributed by atoms with Crippen molar-refractivity contribution in [3.63, 3.8) is 0 Å². The molecule has 112 valence electrons. The number of imidazole rings is 1. The summed E-state index contributed by atoms with van der Waals surface area (Å²) in [5, 5.41) is 0. The number of nitrogens with two attached hydrogens (primary N) is 1. The fourth-order valence-corrected chi connectivity index (χ4v) is 2.47. The van der Waals surface area contributed by atoms with Gasteiger partial charge >= 0.3 is 0 Å². The van der Waals surface area contributed by atoms with Crippen molar-refractivity contribution in [3.8, 4) is 22.6 Å². The van der Waals surface area contributed by atoms with Crippen molar-refractivity contribution in [2.75, 3.05) is 5.73 Å². The maximum Gasteiger partial charge on any atom is 0.220 e. The van der Waals surface area contributed by atoms with Gasteiger partial charge in [0.2, 0.25) is 5.95 Å². The van der Waals surface area contributed by atoms with Crippen LogP contribution in [-0.4, -0.2) is 24.3 Å². The predicted molar refractivity (Wildman–Crippen MR) is 83.8 cm³/mol. The van der Waals surface area contributed by atoms with Gasteiger partial charge in [-0.05, 0) is 30.3 Å². The zero-order chi connectivity index (χ0) is 15.8. The SMILES string of the molecule is Nc1nccc(-c2c(-c3ccc(F)cc3)nc3cnccn23)n1. The Kier molecular flexibility index (Phi) is 2.97. The molecule has 0 saturated carbocycles. The first kappa shape index (κ1) is 13.3. The van der Waals surface area contributed by atoms with E-state index in [4.69, 9.17) is 5.73 Å². The van der Waals surface area contributed by atoms with Crippen molar-refractivity contribution in [2.45, 2.75) is 0 Å². The monoisotopic (exact) mass is 306 g/mol. The Morgan fingerprint density at radius 3 is 2.61 bits per heavy atom. The highest BCUT2D eigenvalue weighted by Crippen LogP contribution is 2.31. The van der Waals surface area contributed by atoms with Crippen molar-refractivity contribution in [2.24, 2.45) is 0 Å². The van der Waals surface area contributed by atoms with Crippen molar-refractivity contribution in [3.05, 3.63) is 60.9 Å². The van der Waals surface area contributed by atoms with Gasteiger partial charge in [-0.3, -0.25) is 9.38 Å². The third-order valence-corrected chi connectivity index (χ3v) is 3.46. The molecular formula is C16H11FN6. The van der Waals surface area contributed by atoms with Crippen LogP contribution < -0.4 is 5.73 Å². The molecular weight excluding hydrogens is 295 g/mol. The number of nitrogen functional groups attached to an aromatic ring is 1. The fourth-order valence-electron chi connectivity index (χ4n) is 2.47. The molecule has 7 heteroatoms. The van der Waals surface area contributed by atoms with Crippen LogP contribution >= 0.6 is 0 Å². The van der Waals surface area contributed by atoms with E-state index in [9.17, 15) is 4.39 Å². The van der Waals surface area contributed by atoms with Crippen LogP contribution in [0.2, 0.25) is 0 Å². The molecule has 0 unspecified atom stereocenters. The van der Waals surface area contributed by atoms with Gasteiger partial charge in [-0.2, -0.15) is 0 Å². The number of benzene rings is 1. The Bertz CT molecular complexity index is 993. The Hall–Kier alpha value is -3.35. The minimum atomic E-state index is -0.299. The molecule has 4 rings (SSSR count). The van der Waals surface area contributed by atoms with Crippen LogP contribution in [0.5, 0.6) is 0 Å². The summed E-state index contributed by atoms with van der Waals surface area (Å²) >= 11 is 0. The molecule has 0 aliphatic carbocycles. The Labute approximate surface area is 130 Å². The second kappa shape index (κ2) is 5.13. The lowest BCUT2D eigenvalue weighted by Gasteiger charge is -2.05. The smallest absolute Gasteiger partial charge is 0.220 e. The summed E-state index contributed by atoms with van der Waals surface area (Å²) in [6.07, 6.45) is 6.70. The van der Waals surface area contributed by atoms with E-state index in [2.05, 4.69) is 19.9 Å². The molecule has 0 aliphatic rings. The van der Waals surface area contributed by atoms with Gasteiger partial charge in [0, 0.05) is 24.2 Å². The average Bonchev–Trinajstić information content (AvgIpc) is 2.95. The molecule has 0 bridgehead atoms. The molecule has 0 aliphatic heterocycles. The molecule has 6 nitrogen and oxygen atoms in total. The molecule has 0 spiro atoms. The summed E-state index contributed by atoms with van der Waals surface area (Å²) in [6.45, 7) is 0. The van der Waals surface area contributed by atoms with E-state index in [1.54, 1.807) is 43.0 Å². The molecule has 0 fully saturated rings. The maximum atomic E-state index is 13.2. The lowest BCUT2D eigenvalue weighted by molar-refractivity contribution is 0.628. The second-order valence-electron chi connectivity index (χ2n) is 4.92. The van der Waals surface area contributed by atoms with Crippen molar-refractivity contribution >= 4 is 11.6 Å². The standard InChI is InChI=1S/C16H11FN6/c17-11-3-1-10(2-4-11)14-15(12-5-6-20-16(18)21-12)23-8-7-19-9-13(23)22-14/h1-9H,(H2,18,20,21). The zero-order valence-corrected chi connectivity index (χ0v) is 11.9. The molecule has 3 aromatic heterocycles. The van der Waals surface area contributed by atoms with Crippen LogP contribution in [-0.2, 0) is 0 Å². The van der Waals surface area contributed by atoms with Crippen molar-refractivity contribution in [1.82, 2.24) is 24.3 Å². The van der Waals surface area contributed by atoms with Gasteiger partial charge in [-0.15, -0.1) is 0 Å². The van der Waals surface area contributed by atoms with E-state index in [0.717, 1.165) is 11.3 Å². The third kappa shape index (κ3) is 2.28. The van der Waals surface area contributed by atoms with Gasteiger partial charge in [-0.1, -0.05) is 0 Å². The van der Waals surface area contributed by atoms with Gasteiger partial charge in [0.05, 0.1) is 23.3 Å². The summed E-state index contributed by atoms with van der Waals surface area (Å²) < 4.78 is 15.1. The van der Waals surface area contributed by atoms with Crippen LogP contribution in [0.15, 0.2) is 55.1 Å². The van der Waals surface area contributed by atoms with E-state index in [1.165, 1.54) is 12.1 Å². The molecule has 0 saturated heterocycles. The summed E-state index contributed by atoms with van der Waals surface area (Å²) in [5.74, 6) is -0.122. The highest BCUT2D eigenvalue weighted by Gasteiger charge is 2.17. The quantitative estimate of drug-likeness (QED) is 0.615. The molecule has 0 amide bonds. The van der Waals surface area contributed by atoms with Gasteiger partial charge in [0.1, 0.15) is 5.82 Å². The number of rotatable bonds is 2. The first-order valence-electron chi connectivity index (χ1n) is 6.89. The molecule has 2 N–H and O–H groups in total. The molecule has 23 heavy (non-hydrogen) atoms. The fraction of sp³-hybridized carbons (Fsp3) is 0. The highest BCUT2D eigenvalue weighted by atomic mass is 19.1. The zero-order valence-electron chi connectivity index (χ0n) is 11.9. The Morgan fingerprint density at radius 1 is 1.00 bits per heavy atom. The molecule has 3 heterocycles. The number of hydrogen-bond acceptors (Lipinski definition) is 5. The van der Waals surface area contributed by atoms with E-state index in [-0.39, 0.29) is 11.8 Å². The highest BCUT2D eigenvalue weighted by molar-refractivity contribution is 5.80.